The first kappa shape index (κ1) is 23.5. The molecule has 0 fully saturated rings. The van der Waals surface area contributed by atoms with Crippen LogP contribution in [0.1, 0.15) is 66.2 Å². The lowest BCUT2D eigenvalue weighted by molar-refractivity contribution is -0.242. The summed E-state index contributed by atoms with van der Waals surface area (Å²) >= 11 is 0. The second kappa shape index (κ2) is 15.9. The molecular formula is C15H38O5Si3. The molecule has 0 saturated carbocycles. The first-order chi connectivity index (χ1) is 11.2. The minimum Gasteiger partial charge on any atom is -0.449 e. The van der Waals surface area contributed by atoms with Crippen molar-refractivity contribution < 1.29 is 22.4 Å². The quantitative estimate of drug-likeness (QED) is 0.212. The van der Waals surface area contributed by atoms with Crippen LogP contribution in [-0.4, -0.2) is 61.6 Å². The van der Waals surface area contributed by atoms with E-state index in [1.807, 2.05) is 0 Å². The van der Waals surface area contributed by atoms with Gasteiger partial charge in [0, 0.05) is 19.8 Å². The number of unbranched alkanes of at least 4 members (excludes halogenated alkanes) is 3. The molecule has 0 N–H and O–H groups in total. The van der Waals surface area contributed by atoms with Crippen molar-refractivity contribution in [2.45, 2.75) is 77.7 Å². The Morgan fingerprint density at radius 1 is 0.913 bits per heavy atom. The van der Waals surface area contributed by atoms with Crippen molar-refractivity contribution in [2.75, 3.05) is 19.8 Å². The molecule has 0 aliphatic rings. The van der Waals surface area contributed by atoms with Gasteiger partial charge in [0.25, 0.3) is 10.0 Å². The standard InChI is InChI=1S/C15H38O5Si3/c1-5-8-11-16-14(4)15(17-12-9-6-2,18-13-10-7-3)22-20-23-19-21/h14H,5-13,22-23H2,1-4,21H3. The number of hydrogen-bond acceptors (Lipinski definition) is 5. The third kappa shape index (κ3) is 10.8. The Bertz CT molecular complexity index is 233. The second-order valence-electron chi connectivity index (χ2n) is 5.84. The van der Waals surface area contributed by atoms with Crippen LogP contribution in [0.15, 0.2) is 0 Å². The fraction of sp³-hybridized carbons (Fsp3) is 1.00. The summed E-state index contributed by atoms with van der Waals surface area (Å²) < 4.78 is 29.7. The summed E-state index contributed by atoms with van der Waals surface area (Å²) in [5.41, 5.74) is -0.675. The molecule has 0 aromatic carbocycles. The smallest absolute Gasteiger partial charge is 0.283 e. The molecule has 0 aromatic heterocycles. The van der Waals surface area contributed by atoms with E-state index in [9.17, 15) is 0 Å². The van der Waals surface area contributed by atoms with Gasteiger partial charge in [-0.2, -0.15) is 0 Å². The van der Waals surface area contributed by atoms with E-state index in [1.165, 1.54) is 0 Å². The van der Waals surface area contributed by atoms with Crippen molar-refractivity contribution in [3.8, 4) is 0 Å². The van der Waals surface area contributed by atoms with Gasteiger partial charge >= 0.3 is 0 Å². The van der Waals surface area contributed by atoms with Gasteiger partial charge in [-0.1, -0.05) is 40.0 Å². The van der Waals surface area contributed by atoms with Crippen molar-refractivity contribution in [2.24, 2.45) is 0 Å². The van der Waals surface area contributed by atoms with Crippen molar-refractivity contribution in [1.29, 1.82) is 0 Å². The van der Waals surface area contributed by atoms with Crippen LogP contribution in [-0.2, 0) is 22.4 Å². The summed E-state index contributed by atoms with van der Waals surface area (Å²) in [6, 6.07) is 0. The first-order valence-corrected chi connectivity index (χ1v) is 12.4. The maximum absolute atomic E-state index is 6.22. The van der Waals surface area contributed by atoms with Gasteiger partial charge in [-0.15, -0.1) is 0 Å². The average molecular weight is 383 g/mol. The molecule has 23 heavy (non-hydrogen) atoms. The van der Waals surface area contributed by atoms with E-state index in [-0.39, 0.29) is 6.10 Å². The molecule has 0 spiro atoms. The Morgan fingerprint density at radius 2 is 1.43 bits per heavy atom. The Balaban J connectivity index is 4.83. The maximum atomic E-state index is 6.22. The van der Waals surface area contributed by atoms with Crippen LogP contribution in [0.4, 0.5) is 0 Å². The van der Waals surface area contributed by atoms with E-state index < -0.39 is 25.2 Å². The van der Waals surface area contributed by atoms with Crippen molar-refractivity contribution >= 4 is 30.3 Å². The third-order valence-electron chi connectivity index (χ3n) is 3.68. The van der Waals surface area contributed by atoms with Crippen LogP contribution >= 0.6 is 0 Å². The number of rotatable bonds is 17. The molecule has 1 unspecified atom stereocenters. The Morgan fingerprint density at radius 3 is 1.91 bits per heavy atom. The molecule has 140 valence electrons. The molecule has 0 heterocycles. The van der Waals surface area contributed by atoms with Gasteiger partial charge in [0.15, 0.2) is 5.41 Å². The lowest BCUT2D eigenvalue weighted by atomic mass is 10.3. The lowest BCUT2D eigenvalue weighted by Crippen LogP contribution is -2.54. The molecule has 0 aliphatic carbocycles. The second-order valence-corrected chi connectivity index (χ2v) is 11.3. The summed E-state index contributed by atoms with van der Waals surface area (Å²) in [5.74, 6) is 0. The maximum Gasteiger partial charge on any atom is 0.283 e. The highest BCUT2D eigenvalue weighted by Crippen LogP contribution is 2.22. The van der Waals surface area contributed by atoms with Crippen LogP contribution in [0.25, 0.3) is 0 Å². The molecule has 0 bridgehead atoms. The highest BCUT2D eigenvalue weighted by atomic mass is 28.3. The molecule has 0 aromatic rings. The Labute approximate surface area is 150 Å². The van der Waals surface area contributed by atoms with Crippen LogP contribution < -0.4 is 0 Å². The van der Waals surface area contributed by atoms with Crippen molar-refractivity contribution in [1.82, 2.24) is 0 Å². The minimum atomic E-state index is -1.04. The summed E-state index contributed by atoms with van der Waals surface area (Å²) in [6.07, 6.45) is 6.37. The summed E-state index contributed by atoms with van der Waals surface area (Å²) in [6.45, 7) is 10.7. The normalized spacial score (nSPS) is 14.6. The molecule has 5 nitrogen and oxygen atoms in total. The zero-order valence-corrected chi connectivity index (χ0v) is 20.7. The fourth-order valence-corrected chi connectivity index (χ4v) is 6.50. The topological polar surface area (TPSA) is 46.2 Å². The van der Waals surface area contributed by atoms with Gasteiger partial charge in [0.1, 0.15) is 16.6 Å². The highest BCUT2D eigenvalue weighted by molar-refractivity contribution is 6.43. The van der Waals surface area contributed by atoms with Crippen LogP contribution in [0, 0.1) is 0 Å². The Kier molecular flexibility index (Phi) is 16.3. The summed E-state index contributed by atoms with van der Waals surface area (Å²) in [5, 5.41) is 0. The van der Waals surface area contributed by atoms with Crippen molar-refractivity contribution in [3.63, 3.8) is 0 Å². The predicted octanol–water partition coefficient (Wildman–Crippen LogP) is 0.875. The molecule has 0 radical (unpaired) electrons. The van der Waals surface area contributed by atoms with Gasteiger partial charge < -0.3 is 22.4 Å². The highest BCUT2D eigenvalue weighted by Gasteiger charge is 2.40. The lowest BCUT2D eigenvalue weighted by Gasteiger charge is -2.38. The van der Waals surface area contributed by atoms with Crippen LogP contribution in [0.2, 0.25) is 0 Å². The first-order valence-electron chi connectivity index (χ1n) is 9.13. The zero-order chi connectivity index (χ0) is 17.4. The molecule has 0 rings (SSSR count). The van der Waals surface area contributed by atoms with Crippen molar-refractivity contribution in [3.05, 3.63) is 0 Å². The molecule has 0 aliphatic heterocycles. The number of ether oxygens (including phenoxy) is 3. The van der Waals surface area contributed by atoms with Gasteiger partial charge in [0.05, 0.1) is 0 Å². The largest absolute Gasteiger partial charge is 0.449 e. The van der Waals surface area contributed by atoms with Crippen LogP contribution in [0.3, 0.4) is 0 Å². The van der Waals surface area contributed by atoms with Gasteiger partial charge in [-0.05, 0) is 26.2 Å². The minimum absolute atomic E-state index is 0.0995. The van der Waals surface area contributed by atoms with E-state index in [0.717, 1.165) is 55.6 Å². The summed E-state index contributed by atoms with van der Waals surface area (Å²) in [7, 11) is -1.16. The van der Waals surface area contributed by atoms with Gasteiger partial charge in [-0.3, -0.25) is 0 Å². The fourth-order valence-electron chi connectivity index (χ4n) is 2.05. The van der Waals surface area contributed by atoms with E-state index in [4.69, 9.17) is 22.4 Å². The van der Waals surface area contributed by atoms with E-state index in [2.05, 4.69) is 27.7 Å². The van der Waals surface area contributed by atoms with E-state index >= 15 is 0 Å². The van der Waals surface area contributed by atoms with Gasteiger partial charge in [-0.25, -0.2) is 0 Å². The predicted molar refractivity (Wildman–Crippen MR) is 104 cm³/mol. The van der Waals surface area contributed by atoms with E-state index in [1.54, 1.807) is 0 Å². The molecule has 8 heteroatoms. The number of hydrogen-bond donors (Lipinski definition) is 0. The van der Waals surface area contributed by atoms with E-state index in [0.29, 0.717) is 13.2 Å². The SMILES string of the molecule is CCCCOC(C)C(OCCCC)(OCCCC)[SiH2]O[SiH2]O[SiH3]. The Hall–Kier alpha value is 0.451. The van der Waals surface area contributed by atoms with Crippen LogP contribution in [0.5, 0.6) is 0 Å². The molecule has 0 amide bonds. The summed E-state index contributed by atoms with van der Waals surface area (Å²) in [4.78, 5) is 0. The average Bonchev–Trinajstić information content (AvgIpc) is 2.55. The molecule has 0 saturated heterocycles. The monoisotopic (exact) mass is 382 g/mol. The van der Waals surface area contributed by atoms with Gasteiger partial charge in [0.2, 0.25) is 9.76 Å². The molecular weight excluding hydrogens is 344 g/mol. The molecule has 1 atom stereocenters. The third-order valence-corrected chi connectivity index (χ3v) is 7.49. The zero-order valence-electron chi connectivity index (χ0n) is 15.9.